The average molecular weight is 420 g/mol. The summed E-state index contributed by atoms with van der Waals surface area (Å²) in [7, 11) is 1.78. The lowest BCUT2D eigenvalue weighted by atomic mass is 10.1. The van der Waals surface area contributed by atoms with Gasteiger partial charge in [-0.1, -0.05) is 22.0 Å². The Balaban J connectivity index is 1.50. The number of benzene rings is 1. The number of nitrogens with zero attached hydrogens (tertiary/aromatic N) is 4. The molecule has 26 heavy (non-hydrogen) atoms. The van der Waals surface area contributed by atoms with Crippen LogP contribution in [0.15, 0.2) is 52.1 Å². The van der Waals surface area contributed by atoms with Gasteiger partial charge in [-0.3, -0.25) is 4.99 Å². The summed E-state index contributed by atoms with van der Waals surface area (Å²) in [5.74, 6) is 1.70. The minimum absolute atomic E-state index is 0.172. The van der Waals surface area contributed by atoms with E-state index in [1.807, 2.05) is 30.5 Å². The summed E-state index contributed by atoms with van der Waals surface area (Å²) in [5.41, 5.74) is 0.697. The van der Waals surface area contributed by atoms with Crippen molar-refractivity contribution in [2.24, 2.45) is 4.99 Å². The van der Waals surface area contributed by atoms with Crippen molar-refractivity contribution < 1.29 is 4.39 Å². The van der Waals surface area contributed by atoms with Crippen molar-refractivity contribution in [3.05, 3.63) is 58.4 Å². The molecule has 0 atom stereocenters. The predicted octanol–water partition coefficient (Wildman–Crippen LogP) is 2.92. The summed E-state index contributed by atoms with van der Waals surface area (Å²) in [4.78, 5) is 13.3. The second kappa shape index (κ2) is 8.98. The highest BCUT2D eigenvalue weighted by Gasteiger charge is 2.20. The molecule has 7 heteroatoms. The Morgan fingerprint density at radius 3 is 2.73 bits per heavy atom. The number of guanidine groups is 1. The van der Waals surface area contributed by atoms with Crippen LogP contribution in [-0.4, -0.2) is 55.6 Å². The van der Waals surface area contributed by atoms with Crippen LogP contribution in [0.2, 0.25) is 0 Å². The van der Waals surface area contributed by atoms with E-state index < -0.39 is 0 Å². The number of nitrogens with one attached hydrogen (secondary N) is 1. The standard InChI is InChI=1S/C19H23BrFN5/c1-22-19(24-9-7-15-14-16(20)5-6-17(15)21)26-12-10-25(11-13-26)18-4-2-3-8-23-18/h2-6,8,14H,7,9-13H2,1H3,(H,22,24). The molecule has 1 aliphatic rings. The van der Waals surface area contributed by atoms with Gasteiger partial charge in [0.15, 0.2) is 5.96 Å². The first kappa shape index (κ1) is 18.6. The molecular formula is C19H23BrFN5. The minimum atomic E-state index is -0.172. The fraction of sp³-hybridized carbons (Fsp3) is 0.368. The molecule has 0 unspecified atom stereocenters. The number of anilines is 1. The van der Waals surface area contributed by atoms with Gasteiger partial charge in [0.25, 0.3) is 0 Å². The molecule has 1 fully saturated rings. The van der Waals surface area contributed by atoms with Gasteiger partial charge in [0.1, 0.15) is 11.6 Å². The van der Waals surface area contributed by atoms with E-state index in [0.717, 1.165) is 42.4 Å². The van der Waals surface area contributed by atoms with Gasteiger partial charge in [0, 0.05) is 50.4 Å². The first-order valence-electron chi connectivity index (χ1n) is 8.73. The maximum Gasteiger partial charge on any atom is 0.193 e. The first-order chi connectivity index (χ1) is 12.7. The van der Waals surface area contributed by atoms with E-state index in [-0.39, 0.29) is 5.82 Å². The van der Waals surface area contributed by atoms with Crippen LogP contribution >= 0.6 is 15.9 Å². The maximum absolute atomic E-state index is 13.8. The Morgan fingerprint density at radius 2 is 2.04 bits per heavy atom. The molecule has 0 amide bonds. The van der Waals surface area contributed by atoms with E-state index in [2.05, 4.69) is 41.0 Å². The highest BCUT2D eigenvalue weighted by Crippen LogP contribution is 2.16. The largest absolute Gasteiger partial charge is 0.356 e. The minimum Gasteiger partial charge on any atom is -0.356 e. The van der Waals surface area contributed by atoms with Crippen molar-refractivity contribution in [1.82, 2.24) is 15.2 Å². The fourth-order valence-corrected chi connectivity index (χ4v) is 3.47. The molecule has 0 radical (unpaired) electrons. The quantitative estimate of drug-likeness (QED) is 0.611. The van der Waals surface area contributed by atoms with Crippen LogP contribution in [0, 0.1) is 5.82 Å². The molecule has 0 bridgehead atoms. The van der Waals surface area contributed by atoms with Crippen molar-refractivity contribution in [3.63, 3.8) is 0 Å². The summed E-state index contributed by atoms with van der Waals surface area (Å²) in [5, 5.41) is 3.35. The summed E-state index contributed by atoms with van der Waals surface area (Å²) in [6, 6.07) is 11.0. The molecule has 1 aromatic carbocycles. The average Bonchev–Trinajstić information content (AvgIpc) is 2.69. The molecule has 1 aromatic heterocycles. The Labute approximate surface area is 162 Å². The second-order valence-electron chi connectivity index (χ2n) is 6.12. The van der Waals surface area contributed by atoms with Gasteiger partial charge in [-0.15, -0.1) is 0 Å². The summed E-state index contributed by atoms with van der Waals surface area (Å²) in [6.45, 7) is 4.19. The molecule has 1 N–H and O–H groups in total. The number of pyridine rings is 1. The molecule has 0 saturated carbocycles. The maximum atomic E-state index is 13.8. The van der Waals surface area contributed by atoms with Crippen LogP contribution in [0.3, 0.4) is 0 Å². The first-order valence-corrected chi connectivity index (χ1v) is 9.52. The number of halogens is 2. The third kappa shape index (κ3) is 4.72. The van der Waals surface area contributed by atoms with Crippen LogP contribution < -0.4 is 10.2 Å². The van der Waals surface area contributed by atoms with Crippen LogP contribution in [0.4, 0.5) is 10.2 Å². The summed E-state index contributed by atoms with van der Waals surface area (Å²) >= 11 is 3.39. The van der Waals surface area contributed by atoms with E-state index in [9.17, 15) is 4.39 Å². The lowest BCUT2D eigenvalue weighted by molar-refractivity contribution is 0.371. The van der Waals surface area contributed by atoms with Crippen LogP contribution in [0.5, 0.6) is 0 Å². The smallest absolute Gasteiger partial charge is 0.193 e. The molecule has 1 aliphatic heterocycles. The van der Waals surface area contributed by atoms with Crippen molar-refractivity contribution in [1.29, 1.82) is 0 Å². The fourth-order valence-electron chi connectivity index (χ4n) is 3.06. The number of hydrogen-bond acceptors (Lipinski definition) is 3. The number of aliphatic imine (C=N–C) groups is 1. The molecule has 138 valence electrons. The van der Waals surface area contributed by atoms with Gasteiger partial charge in [-0.25, -0.2) is 9.37 Å². The lowest BCUT2D eigenvalue weighted by Crippen LogP contribution is -2.53. The van der Waals surface area contributed by atoms with Crippen LogP contribution in [0.1, 0.15) is 5.56 Å². The number of rotatable bonds is 4. The number of aromatic nitrogens is 1. The molecule has 0 spiro atoms. The van der Waals surface area contributed by atoms with Crippen molar-refractivity contribution >= 4 is 27.7 Å². The molecule has 2 aromatic rings. The normalized spacial score (nSPS) is 15.3. The third-order valence-corrected chi connectivity index (χ3v) is 4.94. The monoisotopic (exact) mass is 419 g/mol. The zero-order valence-corrected chi connectivity index (χ0v) is 16.4. The van der Waals surface area contributed by atoms with Crippen LogP contribution in [0.25, 0.3) is 0 Å². The van der Waals surface area contributed by atoms with Gasteiger partial charge in [0.2, 0.25) is 0 Å². The molecule has 1 saturated heterocycles. The van der Waals surface area contributed by atoms with Crippen LogP contribution in [-0.2, 0) is 6.42 Å². The molecule has 0 aliphatic carbocycles. The Hall–Kier alpha value is -2.15. The highest BCUT2D eigenvalue weighted by molar-refractivity contribution is 9.10. The molecular weight excluding hydrogens is 397 g/mol. The van der Waals surface area contributed by atoms with Gasteiger partial charge >= 0.3 is 0 Å². The Bertz CT molecular complexity index is 745. The van der Waals surface area contributed by atoms with Gasteiger partial charge in [0.05, 0.1) is 0 Å². The van der Waals surface area contributed by atoms with E-state index in [1.54, 1.807) is 13.1 Å². The number of piperazine rings is 1. The van der Waals surface area contributed by atoms with Crippen molar-refractivity contribution in [2.75, 3.05) is 44.7 Å². The van der Waals surface area contributed by atoms with Gasteiger partial charge in [-0.05, 0) is 42.3 Å². The summed E-state index contributed by atoms with van der Waals surface area (Å²) in [6.07, 6.45) is 2.43. The zero-order chi connectivity index (χ0) is 18.4. The highest BCUT2D eigenvalue weighted by atomic mass is 79.9. The van der Waals surface area contributed by atoms with E-state index >= 15 is 0 Å². The summed E-state index contributed by atoms with van der Waals surface area (Å²) < 4.78 is 14.7. The van der Waals surface area contributed by atoms with E-state index in [4.69, 9.17) is 0 Å². The van der Waals surface area contributed by atoms with Gasteiger partial charge in [-0.2, -0.15) is 0 Å². The topological polar surface area (TPSA) is 43.8 Å². The molecule has 5 nitrogen and oxygen atoms in total. The lowest BCUT2D eigenvalue weighted by Gasteiger charge is -2.37. The third-order valence-electron chi connectivity index (χ3n) is 4.45. The Morgan fingerprint density at radius 1 is 1.23 bits per heavy atom. The molecule has 3 rings (SSSR count). The van der Waals surface area contributed by atoms with E-state index in [0.29, 0.717) is 18.5 Å². The van der Waals surface area contributed by atoms with Crippen molar-refractivity contribution in [3.8, 4) is 0 Å². The van der Waals surface area contributed by atoms with Crippen molar-refractivity contribution in [2.45, 2.75) is 6.42 Å². The predicted molar refractivity (Wildman–Crippen MR) is 107 cm³/mol. The van der Waals surface area contributed by atoms with Gasteiger partial charge < -0.3 is 15.1 Å². The van der Waals surface area contributed by atoms with E-state index in [1.165, 1.54) is 6.07 Å². The second-order valence-corrected chi connectivity index (χ2v) is 7.04. The SMILES string of the molecule is CN=C(NCCc1cc(Br)ccc1F)N1CCN(c2ccccn2)CC1. The zero-order valence-electron chi connectivity index (χ0n) is 14.8. The Kier molecular flexibility index (Phi) is 6.44. The number of hydrogen-bond donors (Lipinski definition) is 1. The molecule has 2 heterocycles.